The highest BCUT2D eigenvalue weighted by atomic mass is 19.4. The second-order valence-electron chi connectivity index (χ2n) is 4.67. The van der Waals surface area contributed by atoms with Crippen molar-refractivity contribution in [3.05, 3.63) is 11.8 Å². The molecule has 0 aliphatic carbocycles. The van der Waals surface area contributed by atoms with Gasteiger partial charge in [0.2, 0.25) is 5.95 Å². The number of alkyl halides is 3. The van der Waals surface area contributed by atoms with Crippen LogP contribution in [0, 0.1) is 0 Å². The summed E-state index contributed by atoms with van der Waals surface area (Å²) in [5, 5.41) is 11.4. The van der Waals surface area contributed by atoms with Gasteiger partial charge in [0.25, 0.3) is 0 Å². The van der Waals surface area contributed by atoms with E-state index in [0.29, 0.717) is 19.5 Å². The summed E-state index contributed by atoms with van der Waals surface area (Å²) >= 11 is 0. The van der Waals surface area contributed by atoms with Gasteiger partial charge in [0.1, 0.15) is 5.82 Å². The minimum Gasteiger partial charge on any atom is -0.396 e. The third-order valence-corrected chi connectivity index (χ3v) is 2.88. The summed E-state index contributed by atoms with van der Waals surface area (Å²) in [7, 11) is 1.69. The molecule has 1 heterocycles. The Bertz CT molecular complexity index is 440. The van der Waals surface area contributed by atoms with Crippen molar-refractivity contribution >= 4 is 11.8 Å². The third kappa shape index (κ3) is 5.74. The lowest BCUT2D eigenvalue weighted by Gasteiger charge is -2.20. The molecule has 0 radical (unpaired) electrons. The van der Waals surface area contributed by atoms with Crippen molar-refractivity contribution < 1.29 is 18.3 Å². The highest BCUT2D eigenvalue weighted by Gasteiger charge is 2.34. The highest BCUT2D eigenvalue weighted by Crippen LogP contribution is 2.30. The van der Waals surface area contributed by atoms with E-state index in [1.165, 1.54) is 0 Å². The minimum absolute atomic E-state index is 0.0236. The van der Waals surface area contributed by atoms with Gasteiger partial charge in [-0.1, -0.05) is 0 Å². The Morgan fingerprint density at radius 1 is 1.24 bits per heavy atom. The summed E-state index contributed by atoms with van der Waals surface area (Å²) in [6, 6.07) is 0.951. The molecule has 0 amide bonds. The highest BCUT2D eigenvalue weighted by molar-refractivity contribution is 5.44. The summed E-state index contributed by atoms with van der Waals surface area (Å²) in [5.41, 5.74) is -0.953. The van der Waals surface area contributed by atoms with Gasteiger partial charge in [0, 0.05) is 32.8 Å². The molecule has 5 nitrogen and oxygen atoms in total. The molecule has 0 aromatic carbocycles. The van der Waals surface area contributed by atoms with Crippen LogP contribution in [0.25, 0.3) is 0 Å². The largest absolute Gasteiger partial charge is 0.433 e. The number of nitrogens with zero attached hydrogens (tertiary/aromatic N) is 3. The molecule has 0 aliphatic heterocycles. The summed E-state index contributed by atoms with van der Waals surface area (Å²) in [6.45, 7) is 2.91. The molecule has 120 valence electrons. The van der Waals surface area contributed by atoms with Crippen LogP contribution in [0.1, 0.15) is 31.9 Å². The number of nitrogens with one attached hydrogen (secondary N) is 1. The first kappa shape index (κ1) is 17.5. The quantitative estimate of drug-likeness (QED) is 0.723. The number of aliphatic hydroxyl groups is 1. The molecule has 0 saturated carbocycles. The molecular formula is C13H21F3N4O. The average Bonchev–Trinajstić information content (AvgIpc) is 2.42. The predicted octanol–water partition coefficient (Wildman–Crippen LogP) is 2.53. The fourth-order valence-electron chi connectivity index (χ4n) is 1.76. The Hall–Kier alpha value is -1.57. The van der Waals surface area contributed by atoms with Gasteiger partial charge in [-0.2, -0.15) is 18.2 Å². The number of halogens is 3. The Morgan fingerprint density at radius 3 is 2.52 bits per heavy atom. The Labute approximate surface area is 122 Å². The van der Waals surface area contributed by atoms with E-state index in [9.17, 15) is 13.2 Å². The van der Waals surface area contributed by atoms with Crippen molar-refractivity contribution in [2.75, 3.05) is 37.0 Å². The molecule has 1 aromatic rings. The zero-order valence-corrected chi connectivity index (χ0v) is 12.2. The van der Waals surface area contributed by atoms with Crippen molar-refractivity contribution in [2.45, 2.75) is 32.4 Å². The van der Waals surface area contributed by atoms with Gasteiger partial charge in [-0.05, 0) is 26.2 Å². The van der Waals surface area contributed by atoms with Gasteiger partial charge < -0.3 is 15.3 Å². The van der Waals surface area contributed by atoms with E-state index in [2.05, 4.69) is 15.3 Å². The first-order valence-corrected chi connectivity index (χ1v) is 6.90. The molecule has 1 aromatic heterocycles. The summed E-state index contributed by atoms with van der Waals surface area (Å²) in [5.74, 6) is 0.210. The van der Waals surface area contributed by atoms with Crippen LogP contribution in [0.15, 0.2) is 6.07 Å². The van der Waals surface area contributed by atoms with E-state index in [1.54, 1.807) is 18.9 Å². The van der Waals surface area contributed by atoms with Crippen LogP contribution in [0.4, 0.5) is 24.9 Å². The maximum atomic E-state index is 12.8. The normalized spacial score (nSPS) is 11.5. The van der Waals surface area contributed by atoms with Gasteiger partial charge in [0.05, 0.1) is 0 Å². The van der Waals surface area contributed by atoms with Gasteiger partial charge in [0.15, 0.2) is 5.69 Å². The first-order chi connectivity index (χ1) is 9.88. The Morgan fingerprint density at radius 2 is 1.95 bits per heavy atom. The van der Waals surface area contributed by atoms with Gasteiger partial charge in [-0.25, -0.2) is 4.98 Å². The molecule has 8 heteroatoms. The second-order valence-corrected chi connectivity index (χ2v) is 4.67. The molecule has 0 saturated heterocycles. The topological polar surface area (TPSA) is 61.3 Å². The van der Waals surface area contributed by atoms with Crippen molar-refractivity contribution in [2.24, 2.45) is 0 Å². The molecule has 1 rings (SSSR count). The molecular weight excluding hydrogens is 285 g/mol. The van der Waals surface area contributed by atoms with Crippen molar-refractivity contribution in [1.82, 2.24) is 9.97 Å². The van der Waals surface area contributed by atoms with E-state index in [4.69, 9.17) is 5.11 Å². The number of aliphatic hydroxyl groups excluding tert-OH is 1. The molecule has 21 heavy (non-hydrogen) atoms. The van der Waals surface area contributed by atoms with E-state index < -0.39 is 11.9 Å². The lowest BCUT2D eigenvalue weighted by Crippen LogP contribution is -2.22. The molecule has 2 N–H and O–H groups in total. The van der Waals surface area contributed by atoms with E-state index in [-0.39, 0.29) is 18.4 Å². The average molecular weight is 306 g/mol. The zero-order chi connectivity index (χ0) is 15.9. The van der Waals surface area contributed by atoms with Gasteiger partial charge in [-0.3, -0.25) is 0 Å². The monoisotopic (exact) mass is 306 g/mol. The molecule has 0 spiro atoms. The van der Waals surface area contributed by atoms with Gasteiger partial charge >= 0.3 is 6.18 Å². The van der Waals surface area contributed by atoms with Crippen LogP contribution < -0.4 is 10.2 Å². The van der Waals surface area contributed by atoms with Crippen LogP contribution >= 0.6 is 0 Å². The van der Waals surface area contributed by atoms with E-state index >= 15 is 0 Å². The third-order valence-electron chi connectivity index (χ3n) is 2.88. The van der Waals surface area contributed by atoms with Crippen molar-refractivity contribution in [3.63, 3.8) is 0 Å². The summed E-state index contributed by atoms with van der Waals surface area (Å²) < 4.78 is 38.5. The number of hydrogen-bond donors (Lipinski definition) is 2. The maximum Gasteiger partial charge on any atom is 0.433 e. The minimum atomic E-state index is -4.50. The van der Waals surface area contributed by atoms with Crippen molar-refractivity contribution in [3.8, 4) is 0 Å². The second kappa shape index (κ2) is 8.02. The van der Waals surface area contributed by atoms with E-state index in [0.717, 1.165) is 18.9 Å². The lowest BCUT2D eigenvalue weighted by atomic mass is 10.2. The zero-order valence-electron chi connectivity index (χ0n) is 12.2. The summed E-state index contributed by atoms with van der Waals surface area (Å²) in [4.78, 5) is 9.23. The first-order valence-electron chi connectivity index (χ1n) is 6.90. The molecule has 0 unspecified atom stereocenters. The number of anilines is 2. The standard InChI is InChI=1S/C13H21F3N4O/c1-3-17-12-18-10(13(14,15)16)9-11(19-12)20(2)7-5-4-6-8-21/h9,21H,3-8H2,1-2H3,(H,17,18,19). The number of rotatable bonds is 8. The Kier molecular flexibility index (Phi) is 6.67. The molecule has 0 bridgehead atoms. The SMILES string of the molecule is CCNc1nc(N(C)CCCCCO)cc(C(F)(F)F)n1. The fourth-order valence-corrected chi connectivity index (χ4v) is 1.76. The molecule has 0 fully saturated rings. The van der Waals surface area contributed by atoms with Crippen LogP contribution in [0.2, 0.25) is 0 Å². The Balaban J connectivity index is 2.86. The maximum absolute atomic E-state index is 12.8. The lowest BCUT2D eigenvalue weighted by molar-refractivity contribution is -0.141. The smallest absolute Gasteiger partial charge is 0.396 e. The fraction of sp³-hybridized carbons (Fsp3) is 0.692. The molecule has 0 aliphatic rings. The van der Waals surface area contributed by atoms with E-state index in [1.807, 2.05) is 0 Å². The van der Waals surface area contributed by atoms with Gasteiger partial charge in [-0.15, -0.1) is 0 Å². The summed E-state index contributed by atoms with van der Waals surface area (Å²) in [6.07, 6.45) is -2.22. The van der Waals surface area contributed by atoms with Crippen LogP contribution in [0.5, 0.6) is 0 Å². The number of aromatic nitrogens is 2. The van der Waals surface area contributed by atoms with Crippen LogP contribution in [0.3, 0.4) is 0 Å². The number of hydrogen-bond acceptors (Lipinski definition) is 5. The van der Waals surface area contributed by atoms with Crippen LogP contribution in [-0.4, -0.2) is 41.8 Å². The van der Waals surface area contributed by atoms with Crippen LogP contribution in [-0.2, 0) is 6.18 Å². The molecule has 0 atom stereocenters. The number of unbranched alkanes of at least 4 members (excludes halogenated alkanes) is 2. The van der Waals surface area contributed by atoms with Crippen molar-refractivity contribution in [1.29, 1.82) is 0 Å². The predicted molar refractivity (Wildman–Crippen MR) is 75.4 cm³/mol.